The molecule has 2 nitrogen and oxygen atoms in total. The standard InChI is InChI=1S/C9H14ClNO/c1-2-5-8(10)9(12)11-6-3-4-7-11/h5H,2-4,6-7H2,1H3/b8-5-. The van der Waals surface area contributed by atoms with Gasteiger partial charge in [0.05, 0.1) is 0 Å². The van der Waals surface area contributed by atoms with Gasteiger partial charge in [0.15, 0.2) is 0 Å². The van der Waals surface area contributed by atoms with Crippen LogP contribution < -0.4 is 0 Å². The fraction of sp³-hybridized carbons (Fsp3) is 0.667. The maximum absolute atomic E-state index is 11.5. The zero-order chi connectivity index (χ0) is 8.97. The molecule has 68 valence electrons. The maximum Gasteiger partial charge on any atom is 0.265 e. The second-order valence-corrected chi connectivity index (χ2v) is 3.37. The molecule has 0 aromatic carbocycles. The Kier molecular flexibility index (Phi) is 3.60. The van der Waals surface area contributed by atoms with E-state index < -0.39 is 0 Å². The molecule has 1 fully saturated rings. The first-order valence-corrected chi connectivity index (χ1v) is 4.78. The summed E-state index contributed by atoms with van der Waals surface area (Å²) in [4.78, 5) is 13.3. The molecule has 0 aromatic rings. The first-order chi connectivity index (χ1) is 5.75. The van der Waals surface area contributed by atoms with E-state index in [0.717, 1.165) is 32.4 Å². The molecule has 0 unspecified atom stereocenters. The summed E-state index contributed by atoms with van der Waals surface area (Å²) < 4.78 is 0. The number of carbonyl (C=O) groups is 1. The quantitative estimate of drug-likeness (QED) is 0.607. The van der Waals surface area contributed by atoms with Gasteiger partial charge in [-0.25, -0.2) is 0 Å². The SMILES string of the molecule is CC/C=C(\Cl)C(=O)N1CCCC1. The highest BCUT2D eigenvalue weighted by molar-refractivity contribution is 6.42. The predicted octanol–water partition coefficient (Wildman–Crippen LogP) is 2.14. The van der Waals surface area contributed by atoms with Gasteiger partial charge >= 0.3 is 0 Å². The summed E-state index contributed by atoms with van der Waals surface area (Å²) in [5.74, 6) is -0.00369. The predicted molar refractivity (Wildman–Crippen MR) is 50.0 cm³/mol. The molecule has 1 aliphatic rings. The summed E-state index contributed by atoms with van der Waals surface area (Å²) in [7, 11) is 0. The third kappa shape index (κ3) is 2.24. The summed E-state index contributed by atoms with van der Waals surface area (Å²) in [6.07, 6.45) is 4.81. The summed E-state index contributed by atoms with van der Waals surface area (Å²) in [5.41, 5.74) is 0. The van der Waals surface area contributed by atoms with Crippen molar-refractivity contribution in [1.82, 2.24) is 4.90 Å². The van der Waals surface area contributed by atoms with Crippen molar-refractivity contribution in [3.05, 3.63) is 11.1 Å². The van der Waals surface area contributed by atoms with Crippen LogP contribution >= 0.6 is 11.6 Å². The number of likely N-dealkylation sites (tertiary alicyclic amines) is 1. The van der Waals surface area contributed by atoms with Gasteiger partial charge < -0.3 is 4.90 Å². The van der Waals surface area contributed by atoms with Crippen molar-refractivity contribution in [3.63, 3.8) is 0 Å². The second-order valence-electron chi connectivity index (χ2n) is 2.96. The normalized spacial score (nSPS) is 18.5. The van der Waals surface area contributed by atoms with Crippen LogP contribution in [0, 0.1) is 0 Å². The van der Waals surface area contributed by atoms with Crippen molar-refractivity contribution in [3.8, 4) is 0 Å². The van der Waals surface area contributed by atoms with Gasteiger partial charge in [-0.2, -0.15) is 0 Å². The van der Waals surface area contributed by atoms with Crippen LogP contribution in [0.25, 0.3) is 0 Å². The largest absolute Gasteiger partial charge is 0.338 e. The lowest BCUT2D eigenvalue weighted by Gasteiger charge is -2.13. The average Bonchev–Trinajstić information content (AvgIpc) is 2.55. The molecule has 0 radical (unpaired) electrons. The van der Waals surface area contributed by atoms with E-state index in [1.807, 2.05) is 11.8 Å². The number of allylic oxidation sites excluding steroid dienone is 1. The highest BCUT2D eigenvalue weighted by atomic mass is 35.5. The van der Waals surface area contributed by atoms with Crippen LogP contribution in [0.5, 0.6) is 0 Å². The van der Waals surface area contributed by atoms with E-state index >= 15 is 0 Å². The number of hydrogen-bond donors (Lipinski definition) is 0. The molecule has 0 saturated carbocycles. The Bertz CT molecular complexity index is 195. The van der Waals surface area contributed by atoms with Crippen LogP contribution in [-0.4, -0.2) is 23.9 Å². The molecule has 1 aliphatic heterocycles. The van der Waals surface area contributed by atoms with Gasteiger partial charge in [-0.05, 0) is 19.3 Å². The Balaban J connectivity index is 2.51. The minimum atomic E-state index is -0.00369. The third-order valence-electron chi connectivity index (χ3n) is 1.98. The molecule has 3 heteroatoms. The van der Waals surface area contributed by atoms with Crippen LogP contribution in [-0.2, 0) is 4.79 Å². The Morgan fingerprint density at radius 3 is 2.58 bits per heavy atom. The Hall–Kier alpha value is -0.500. The van der Waals surface area contributed by atoms with E-state index in [-0.39, 0.29) is 5.91 Å². The summed E-state index contributed by atoms with van der Waals surface area (Å²) in [6, 6.07) is 0. The number of hydrogen-bond acceptors (Lipinski definition) is 1. The van der Waals surface area contributed by atoms with E-state index in [4.69, 9.17) is 11.6 Å². The van der Waals surface area contributed by atoms with E-state index in [1.54, 1.807) is 6.08 Å². The molecular formula is C9H14ClNO. The lowest BCUT2D eigenvalue weighted by Crippen LogP contribution is -2.27. The molecule has 0 spiro atoms. The maximum atomic E-state index is 11.5. The van der Waals surface area contributed by atoms with Crippen molar-refractivity contribution in [2.45, 2.75) is 26.2 Å². The van der Waals surface area contributed by atoms with Gasteiger partial charge in [0.2, 0.25) is 0 Å². The minimum Gasteiger partial charge on any atom is -0.338 e. The molecule has 0 aliphatic carbocycles. The Labute approximate surface area is 78.2 Å². The Morgan fingerprint density at radius 2 is 2.08 bits per heavy atom. The topological polar surface area (TPSA) is 20.3 Å². The van der Waals surface area contributed by atoms with Crippen molar-refractivity contribution < 1.29 is 4.79 Å². The van der Waals surface area contributed by atoms with E-state index in [1.165, 1.54) is 0 Å². The average molecular weight is 188 g/mol. The molecule has 1 amide bonds. The van der Waals surface area contributed by atoms with E-state index in [2.05, 4.69) is 0 Å². The fourth-order valence-corrected chi connectivity index (χ4v) is 1.61. The molecule has 12 heavy (non-hydrogen) atoms. The van der Waals surface area contributed by atoms with Gasteiger partial charge in [-0.1, -0.05) is 24.6 Å². The number of carbonyl (C=O) groups excluding carboxylic acids is 1. The monoisotopic (exact) mass is 187 g/mol. The zero-order valence-corrected chi connectivity index (χ0v) is 8.10. The van der Waals surface area contributed by atoms with Gasteiger partial charge in [0.1, 0.15) is 5.03 Å². The van der Waals surface area contributed by atoms with Crippen LogP contribution in [0.4, 0.5) is 0 Å². The molecule has 0 bridgehead atoms. The first-order valence-electron chi connectivity index (χ1n) is 4.40. The van der Waals surface area contributed by atoms with E-state index in [0.29, 0.717) is 5.03 Å². The summed E-state index contributed by atoms with van der Waals surface area (Å²) >= 11 is 5.78. The highest BCUT2D eigenvalue weighted by Crippen LogP contribution is 2.14. The zero-order valence-electron chi connectivity index (χ0n) is 7.35. The first kappa shape index (κ1) is 9.59. The minimum absolute atomic E-state index is 0.00369. The molecule has 0 N–H and O–H groups in total. The molecule has 0 atom stereocenters. The number of rotatable bonds is 2. The highest BCUT2D eigenvalue weighted by Gasteiger charge is 2.19. The van der Waals surface area contributed by atoms with Crippen LogP contribution in [0.2, 0.25) is 0 Å². The van der Waals surface area contributed by atoms with Crippen LogP contribution in [0.15, 0.2) is 11.1 Å². The van der Waals surface area contributed by atoms with Gasteiger partial charge in [0.25, 0.3) is 5.91 Å². The number of halogens is 1. The smallest absolute Gasteiger partial charge is 0.265 e. The molecule has 1 heterocycles. The molecule has 1 rings (SSSR count). The van der Waals surface area contributed by atoms with Crippen LogP contribution in [0.3, 0.4) is 0 Å². The lowest BCUT2D eigenvalue weighted by atomic mass is 10.4. The van der Waals surface area contributed by atoms with Gasteiger partial charge in [0, 0.05) is 13.1 Å². The van der Waals surface area contributed by atoms with Crippen LogP contribution in [0.1, 0.15) is 26.2 Å². The van der Waals surface area contributed by atoms with Crippen molar-refractivity contribution in [2.24, 2.45) is 0 Å². The number of nitrogens with zero attached hydrogens (tertiary/aromatic N) is 1. The third-order valence-corrected chi connectivity index (χ3v) is 2.30. The number of amides is 1. The summed E-state index contributed by atoms with van der Waals surface area (Å²) in [5, 5.41) is 0.374. The van der Waals surface area contributed by atoms with Crippen molar-refractivity contribution in [1.29, 1.82) is 0 Å². The van der Waals surface area contributed by atoms with Crippen molar-refractivity contribution >= 4 is 17.5 Å². The van der Waals surface area contributed by atoms with E-state index in [9.17, 15) is 4.79 Å². The fourth-order valence-electron chi connectivity index (χ4n) is 1.34. The van der Waals surface area contributed by atoms with Crippen molar-refractivity contribution in [2.75, 3.05) is 13.1 Å². The van der Waals surface area contributed by atoms with Gasteiger partial charge in [-0.15, -0.1) is 0 Å². The molecule has 0 aromatic heterocycles. The Morgan fingerprint density at radius 1 is 1.50 bits per heavy atom. The summed E-state index contributed by atoms with van der Waals surface area (Å²) in [6.45, 7) is 3.71. The molecular weight excluding hydrogens is 174 g/mol. The second kappa shape index (κ2) is 4.51. The van der Waals surface area contributed by atoms with Gasteiger partial charge in [-0.3, -0.25) is 4.79 Å². The molecule has 1 saturated heterocycles. The lowest BCUT2D eigenvalue weighted by molar-refractivity contribution is -0.125.